The van der Waals surface area contributed by atoms with Crippen molar-refractivity contribution in [3.8, 4) is 5.69 Å². The molecule has 7 heteroatoms. The summed E-state index contributed by atoms with van der Waals surface area (Å²) < 4.78 is 12.0. The number of carbonyl (C=O) groups is 3. The van der Waals surface area contributed by atoms with Gasteiger partial charge in [0.05, 0.1) is 23.9 Å². The molecule has 0 aliphatic rings. The van der Waals surface area contributed by atoms with Crippen molar-refractivity contribution in [2.24, 2.45) is 0 Å². The zero-order chi connectivity index (χ0) is 21.1. The number of benzene rings is 1. The maximum Gasteiger partial charge on any atom is 0.339 e. The van der Waals surface area contributed by atoms with E-state index >= 15 is 0 Å². The predicted molar refractivity (Wildman–Crippen MR) is 107 cm³/mol. The number of hydrogen-bond acceptors (Lipinski definition) is 5. The minimum atomic E-state index is -1.02. The number of nitrogens with one attached hydrogen (secondary N) is 1. The molecular formula is C22H22N2O5. The second-order valence-corrected chi connectivity index (χ2v) is 6.67. The van der Waals surface area contributed by atoms with Crippen LogP contribution in [0.15, 0.2) is 48.8 Å². The van der Waals surface area contributed by atoms with E-state index in [0.29, 0.717) is 22.4 Å². The Morgan fingerprint density at radius 3 is 2.21 bits per heavy atom. The van der Waals surface area contributed by atoms with Crippen molar-refractivity contribution in [3.63, 3.8) is 0 Å². The molecule has 1 N–H and O–H groups in total. The zero-order valence-corrected chi connectivity index (χ0v) is 16.7. The van der Waals surface area contributed by atoms with Crippen LogP contribution in [0.3, 0.4) is 0 Å². The highest BCUT2D eigenvalue weighted by Crippen LogP contribution is 2.21. The van der Waals surface area contributed by atoms with Gasteiger partial charge in [-0.2, -0.15) is 0 Å². The first-order valence-electron chi connectivity index (χ1n) is 9.09. The van der Waals surface area contributed by atoms with Crippen LogP contribution in [-0.4, -0.2) is 40.5 Å². The first-order chi connectivity index (χ1) is 13.8. The SMILES string of the molecule is COC(=O)c1c(C)[nH]c(C(=O)C(C)OC(=O)c2ccc(-n3cccc3)cc2)c1C. The van der Waals surface area contributed by atoms with Crippen molar-refractivity contribution in [2.75, 3.05) is 7.11 Å². The van der Waals surface area contributed by atoms with Crippen molar-refractivity contribution in [1.29, 1.82) is 0 Å². The monoisotopic (exact) mass is 394 g/mol. The topological polar surface area (TPSA) is 90.4 Å². The molecule has 29 heavy (non-hydrogen) atoms. The maximum atomic E-state index is 12.8. The Bertz CT molecular complexity index is 1050. The summed E-state index contributed by atoms with van der Waals surface area (Å²) in [4.78, 5) is 40.0. The standard InChI is InChI=1S/C22H22N2O5/c1-13-18(22(27)28-4)14(2)23-19(13)20(25)15(3)29-21(26)16-7-9-17(10-8-16)24-11-5-6-12-24/h5-12,15,23H,1-4H3. The number of hydrogen-bond donors (Lipinski definition) is 1. The smallest absolute Gasteiger partial charge is 0.339 e. The largest absolute Gasteiger partial charge is 0.465 e. The lowest BCUT2D eigenvalue weighted by atomic mass is 10.1. The van der Waals surface area contributed by atoms with E-state index in [1.54, 1.807) is 38.1 Å². The second-order valence-electron chi connectivity index (χ2n) is 6.67. The molecule has 0 saturated heterocycles. The van der Waals surface area contributed by atoms with Crippen LogP contribution in [0.4, 0.5) is 0 Å². The molecule has 0 aliphatic carbocycles. The number of ether oxygens (including phenoxy) is 2. The quantitative estimate of drug-likeness (QED) is 0.509. The van der Waals surface area contributed by atoms with Crippen molar-refractivity contribution >= 4 is 17.7 Å². The third-order valence-corrected chi connectivity index (χ3v) is 4.73. The van der Waals surface area contributed by atoms with Crippen LogP contribution < -0.4 is 0 Å². The number of aryl methyl sites for hydroxylation is 1. The third-order valence-electron chi connectivity index (χ3n) is 4.73. The first kappa shape index (κ1) is 20.1. The normalized spacial score (nSPS) is 11.7. The van der Waals surface area contributed by atoms with Gasteiger partial charge in [-0.05, 0) is 62.7 Å². The predicted octanol–water partition coefficient (Wildman–Crippen LogP) is 3.64. The number of carbonyl (C=O) groups excluding carboxylic acids is 3. The number of aromatic amines is 1. The highest BCUT2D eigenvalue weighted by Gasteiger charge is 2.27. The van der Waals surface area contributed by atoms with Gasteiger partial charge in [-0.15, -0.1) is 0 Å². The van der Waals surface area contributed by atoms with Gasteiger partial charge in [-0.1, -0.05) is 0 Å². The average Bonchev–Trinajstić information content (AvgIpc) is 3.35. The van der Waals surface area contributed by atoms with Crippen molar-refractivity contribution in [1.82, 2.24) is 9.55 Å². The van der Waals surface area contributed by atoms with Crippen molar-refractivity contribution in [2.45, 2.75) is 26.9 Å². The summed E-state index contributed by atoms with van der Waals surface area (Å²) in [7, 11) is 1.28. The first-order valence-corrected chi connectivity index (χ1v) is 9.09. The molecule has 2 aromatic heterocycles. The van der Waals surface area contributed by atoms with Crippen LogP contribution in [-0.2, 0) is 9.47 Å². The number of rotatable bonds is 6. The number of nitrogens with zero attached hydrogens (tertiary/aromatic N) is 1. The summed E-state index contributed by atoms with van der Waals surface area (Å²) in [6.45, 7) is 4.83. The van der Waals surface area contributed by atoms with E-state index in [1.165, 1.54) is 14.0 Å². The summed E-state index contributed by atoms with van der Waals surface area (Å²) in [6.07, 6.45) is 2.78. The molecule has 1 atom stereocenters. The van der Waals surface area contributed by atoms with Crippen LogP contribution in [0.1, 0.15) is 49.4 Å². The Labute approximate surface area is 168 Å². The highest BCUT2D eigenvalue weighted by atomic mass is 16.5. The second kappa shape index (κ2) is 8.18. The summed E-state index contributed by atoms with van der Waals surface area (Å²) in [5.74, 6) is -1.54. The Balaban J connectivity index is 1.73. The van der Waals surface area contributed by atoms with E-state index in [-0.39, 0.29) is 5.69 Å². The summed E-state index contributed by atoms with van der Waals surface area (Å²) in [6, 6.07) is 10.7. The third kappa shape index (κ3) is 3.99. The van der Waals surface area contributed by atoms with Crippen LogP contribution in [0.25, 0.3) is 5.69 Å². The van der Waals surface area contributed by atoms with Gasteiger partial charge in [0.2, 0.25) is 5.78 Å². The van der Waals surface area contributed by atoms with Crippen LogP contribution in [0.2, 0.25) is 0 Å². The summed E-state index contributed by atoms with van der Waals surface area (Å²) >= 11 is 0. The van der Waals surface area contributed by atoms with Gasteiger partial charge >= 0.3 is 11.9 Å². The molecule has 0 aliphatic heterocycles. The Morgan fingerprint density at radius 1 is 1.00 bits per heavy atom. The van der Waals surface area contributed by atoms with Crippen LogP contribution in [0.5, 0.6) is 0 Å². The van der Waals surface area contributed by atoms with Crippen molar-refractivity contribution in [3.05, 3.63) is 76.9 Å². The zero-order valence-electron chi connectivity index (χ0n) is 16.7. The van der Waals surface area contributed by atoms with Gasteiger partial charge in [-0.25, -0.2) is 9.59 Å². The Kier molecular flexibility index (Phi) is 5.68. The van der Waals surface area contributed by atoms with Gasteiger partial charge in [-0.3, -0.25) is 4.79 Å². The number of ketones is 1. The molecule has 0 spiro atoms. The van der Waals surface area contributed by atoms with E-state index in [1.807, 2.05) is 29.1 Å². The molecular weight excluding hydrogens is 372 g/mol. The number of Topliss-reactive ketones (excluding diaryl/α,β-unsaturated/α-hetero) is 1. The van der Waals surface area contributed by atoms with Crippen LogP contribution >= 0.6 is 0 Å². The molecule has 3 rings (SSSR count). The Morgan fingerprint density at radius 2 is 1.62 bits per heavy atom. The number of H-pyrrole nitrogens is 1. The number of esters is 2. The molecule has 1 aromatic carbocycles. The summed E-state index contributed by atoms with van der Waals surface area (Å²) in [5.41, 5.74) is 2.79. The van der Waals surface area contributed by atoms with Gasteiger partial charge in [0.15, 0.2) is 6.10 Å². The van der Waals surface area contributed by atoms with Crippen LogP contribution in [0, 0.1) is 13.8 Å². The fourth-order valence-electron chi connectivity index (χ4n) is 3.17. The summed E-state index contributed by atoms with van der Waals surface area (Å²) in [5, 5.41) is 0. The number of aromatic nitrogens is 2. The van der Waals surface area contributed by atoms with Gasteiger partial charge in [0.25, 0.3) is 0 Å². The maximum absolute atomic E-state index is 12.8. The highest BCUT2D eigenvalue weighted by molar-refractivity contribution is 6.04. The van der Waals surface area contributed by atoms with E-state index in [9.17, 15) is 14.4 Å². The van der Waals surface area contributed by atoms with Crippen molar-refractivity contribution < 1.29 is 23.9 Å². The molecule has 2 heterocycles. The van der Waals surface area contributed by atoms with Gasteiger partial charge < -0.3 is 19.0 Å². The molecule has 0 bridgehead atoms. The van der Waals surface area contributed by atoms with Gasteiger partial charge in [0.1, 0.15) is 0 Å². The lowest BCUT2D eigenvalue weighted by Gasteiger charge is -2.12. The molecule has 0 radical (unpaired) electrons. The molecule has 0 saturated carbocycles. The molecule has 0 fully saturated rings. The number of methoxy groups -OCH3 is 1. The minimum Gasteiger partial charge on any atom is -0.465 e. The minimum absolute atomic E-state index is 0.228. The Hall–Kier alpha value is -3.61. The molecule has 3 aromatic rings. The van der Waals surface area contributed by atoms with E-state index in [0.717, 1.165) is 5.69 Å². The fourth-order valence-corrected chi connectivity index (χ4v) is 3.17. The molecule has 1 unspecified atom stereocenters. The lowest BCUT2D eigenvalue weighted by molar-refractivity contribution is 0.0316. The molecule has 7 nitrogen and oxygen atoms in total. The molecule has 150 valence electrons. The van der Waals surface area contributed by atoms with E-state index in [4.69, 9.17) is 9.47 Å². The lowest BCUT2D eigenvalue weighted by Crippen LogP contribution is -2.25. The van der Waals surface area contributed by atoms with E-state index < -0.39 is 23.8 Å². The van der Waals surface area contributed by atoms with Gasteiger partial charge in [0, 0.05) is 23.8 Å². The average molecular weight is 394 g/mol. The molecule has 0 amide bonds. The fraction of sp³-hybridized carbons (Fsp3) is 0.227. The van der Waals surface area contributed by atoms with E-state index in [2.05, 4.69) is 4.98 Å².